The second-order valence-electron chi connectivity index (χ2n) is 3.61. The van der Waals surface area contributed by atoms with Gasteiger partial charge in [-0.2, -0.15) is 5.10 Å². The number of hydrogen-bond donors (Lipinski definition) is 0. The van der Waals surface area contributed by atoms with Gasteiger partial charge in [-0.1, -0.05) is 6.92 Å². The minimum absolute atomic E-state index is 0.524. The SMILES string of the molecule is CCCn1cc(OCc2nc(C)cs2)cn1. The topological polar surface area (TPSA) is 39.9 Å². The van der Waals surface area contributed by atoms with E-state index >= 15 is 0 Å². The van der Waals surface area contributed by atoms with E-state index < -0.39 is 0 Å². The summed E-state index contributed by atoms with van der Waals surface area (Å²) in [5, 5.41) is 7.23. The van der Waals surface area contributed by atoms with Crippen molar-refractivity contribution in [3.63, 3.8) is 0 Å². The highest BCUT2D eigenvalue weighted by molar-refractivity contribution is 7.09. The molecule has 2 aromatic rings. The quantitative estimate of drug-likeness (QED) is 0.802. The summed E-state index contributed by atoms with van der Waals surface area (Å²) in [4.78, 5) is 4.34. The van der Waals surface area contributed by atoms with Crippen molar-refractivity contribution in [3.05, 3.63) is 28.5 Å². The molecular formula is C11H15N3OS. The Morgan fingerprint density at radius 1 is 1.50 bits per heavy atom. The first-order valence-corrected chi connectivity index (χ1v) is 6.22. The third-order valence-corrected chi connectivity index (χ3v) is 3.03. The minimum Gasteiger partial charge on any atom is -0.483 e. The highest BCUT2D eigenvalue weighted by Gasteiger charge is 2.02. The van der Waals surface area contributed by atoms with E-state index in [1.807, 2.05) is 23.2 Å². The van der Waals surface area contributed by atoms with Crippen LogP contribution in [0, 0.1) is 6.92 Å². The Hall–Kier alpha value is -1.36. The summed E-state index contributed by atoms with van der Waals surface area (Å²) in [6.07, 6.45) is 4.74. The summed E-state index contributed by atoms with van der Waals surface area (Å²) in [6, 6.07) is 0. The summed E-state index contributed by atoms with van der Waals surface area (Å²) < 4.78 is 7.49. The smallest absolute Gasteiger partial charge is 0.157 e. The van der Waals surface area contributed by atoms with E-state index in [9.17, 15) is 0 Å². The highest BCUT2D eigenvalue weighted by Crippen LogP contribution is 2.14. The molecule has 0 saturated carbocycles. The number of nitrogens with zero attached hydrogens (tertiary/aromatic N) is 3. The molecule has 0 aliphatic heterocycles. The van der Waals surface area contributed by atoms with Crippen LogP contribution in [0.2, 0.25) is 0 Å². The summed E-state index contributed by atoms with van der Waals surface area (Å²) >= 11 is 1.62. The maximum atomic E-state index is 5.60. The van der Waals surface area contributed by atoms with Gasteiger partial charge in [0.15, 0.2) is 5.75 Å². The highest BCUT2D eigenvalue weighted by atomic mass is 32.1. The zero-order chi connectivity index (χ0) is 11.4. The zero-order valence-electron chi connectivity index (χ0n) is 9.51. The van der Waals surface area contributed by atoms with Crippen molar-refractivity contribution in [3.8, 4) is 5.75 Å². The second-order valence-corrected chi connectivity index (χ2v) is 4.55. The molecule has 0 amide bonds. The van der Waals surface area contributed by atoms with Crippen LogP contribution in [0.25, 0.3) is 0 Å². The summed E-state index contributed by atoms with van der Waals surface area (Å²) in [6.45, 7) is 5.57. The van der Waals surface area contributed by atoms with E-state index in [1.165, 1.54) is 0 Å². The van der Waals surface area contributed by atoms with E-state index in [2.05, 4.69) is 17.0 Å². The van der Waals surface area contributed by atoms with Crippen molar-refractivity contribution < 1.29 is 4.74 Å². The first kappa shape index (κ1) is 11.1. The number of thiazole rings is 1. The average Bonchev–Trinajstić information content (AvgIpc) is 2.85. The van der Waals surface area contributed by atoms with Crippen LogP contribution in [0.3, 0.4) is 0 Å². The summed E-state index contributed by atoms with van der Waals surface area (Å²) in [5.41, 5.74) is 1.05. The molecule has 0 radical (unpaired) electrons. The number of ether oxygens (including phenoxy) is 1. The van der Waals surface area contributed by atoms with Gasteiger partial charge in [-0.15, -0.1) is 11.3 Å². The Labute approximate surface area is 98.9 Å². The Morgan fingerprint density at radius 3 is 3.06 bits per heavy atom. The minimum atomic E-state index is 0.524. The molecule has 0 atom stereocenters. The van der Waals surface area contributed by atoms with Gasteiger partial charge in [-0.05, 0) is 13.3 Å². The normalized spacial score (nSPS) is 10.6. The van der Waals surface area contributed by atoms with Crippen LogP contribution in [0.5, 0.6) is 5.75 Å². The second kappa shape index (κ2) is 5.12. The molecule has 2 rings (SSSR count). The van der Waals surface area contributed by atoms with Crippen LogP contribution in [-0.2, 0) is 13.2 Å². The molecule has 5 heteroatoms. The number of aromatic nitrogens is 3. The van der Waals surface area contributed by atoms with Gasteiger partial charge in [0.2, 0.25) is 0 Å². The van der Waals surface area contributed by atoms with Crippen molar-refractivity contribution in [1.82, 2.24) is 14.8 Å². The van der Waals surface area contributed by atoms with Gasteiger partial charge in [0.05, 0.1) is 12.4 Å². The van der Waals surface area contributed by atoms with E-state index in [4.69, 9.17) is 4.74 Å². The molecule has 0 bridgehead atoms. The summed E-state index contributed by atoms with van der Waals surface area (Å²) in [7, 11) is 0. The van der Waals surface area contributed by atoms with Gasteiger partial charge in [0, 0.05) is 17.6 Å². The van der Waals surface area contributed by atoms with Gasteiger partial charge in [-0.3, -0.25) is 4.68 Å². The van der Waals surface area contributed by atoms with Crippen molar-refractivity contribution in [1.29, 1.82) is 0 Å². The monoisotopic (exact) mass is 237 g/mol. The van der Waals surface area contributed by atoms with Gasteiger partial charge >= 0.3 is 0 Å². The predicted octanol–water partition coefficient (Wildman–Crippen LogP) is 2.64. The van der Waals surface area contributed by atoms with Crippen LogP contribution < -0.4 is 4.74 Å². The maximum Gasteiger partial charge on any atom is 0.157 e. The van der Waals surface area contributed by atoms with Gasteiger partial charge in [0.1, 0.15) is 11.6 Å². The molecule has 0 N–H and O–H groups in total. The van der Waals surface area contributed by atoms with Crippen molar-refractivity contribution in [2.75, 3.05) is 0 Å². The van der Waals surface area contributed by atoms with E-state index in [1.54, 1.807) is 17.5 Å². The molecule has 86 valence electrons. The van der Waals surface area contributed by atoms with Crippen molar-refractivity contribution in [2.45, 2.75) is 33.4 Å². The molecule has 2 aromatic heterocycles. The maximum absolute atomic E-state index is 5.60. The molecular weight excluding hydrogens is 222 g/mol. The van der Waals surface area contributed by atoms with Crippen molar-refractivity contribution >= 4 is 11.3 Å². The fourth-order valence-electron chi connectivity index (χ4n) is 1.38. The lowest BCUT2D eigenvalue weighted by atomic mass is 10.5. The summed E-state index contributed by atoms with van der Waals surface area (Å²) in [5.74, 6) is 0.807. The first-order valence-electron chi connectivity index (χ1n) is 5.34. The van der Waals surface area contributed by atoms with Crippen LogP contribution in [-0.4, -0.2) is 14.8 Å². The molecule has 0 fully saturated rings. The van der Waals surface area contributed by atoms with Crippen LogP contribution in [0.15, 0.2) is 17.8 Å². The van der Waals surface area contributed by atoms with Crippen LogP contribution in [0.4, 0.5) is 0 Å². The zero-order valence-corrected chi connectivity index (χ0v) is 10.3. The lowest BCUT2D eigenvalue weighted by molar-refractivity contribution is 0.305. The lowest BCUT2D eigenvalue weighted by Gasteiger charge is -1.99. The third-order valence-electron chi connectivity index (χ3n) is 2.09. The largest absolute Gasteiger partial charge is 0.483 e. The van der Waals surface area contributed by atoms with Crippen molar-refractivity contribution in [2.24, 2.45) is 0 Å². The molecule has 4 nitrogen and oxygen atoms in total. The van der Waals surface area contributed by atoms with E-state index in [-0.39, 0.29) is 0 Å². The van der Waals surface area contributed by atoms with Gasteiger partial charge in [-0.25, -0.2) is 4.98 Å². The number of hydrogen-bond acceptors (Lipinski definition) is 4. The Balaban J connectivity index is 1.89. The van der Waals surface area contributed by atoms with Crippen LogP contribution in [0.1, 0.15) is 24.0 Å². The first-order chi connectivity index (χ1) is 7.78. The molecule has 16 heavy (non-hydrogen) atoms. The van der Waals surface area contributed by atoms with E-state index in [0.717, 1.165) is 29.4 Å². The predicted molar refractivity (Wildman–Crippen MR) is 63.7 cm³/mol. The average molecular weight is 237 g/mol. The van der Waals surface area contributed by atoms with Gasteiger partial charge < -0.3 is 4.74 Å². The molecule has 0 saturated heterocycles. The number of rotatable bonds is 5. The third kappa shape index (κ3) is 2.82. The van der Waals surface area contributed by atoms with Crippen LogP contribution >= 0.6 is 11.3 Å². The Kier molecular flexibility index (Phi) is 3.56. The Morgan fingerprint density at radius 2 is 2.38 bits per heavy atom. The molecule has 0 aliphatic carbocycles. The lowest BCUT2D eigenvalue weighted by Crippen LogP contribution is -1.96. The molecule has 2 heterocycles. The fraction of sp³-hybridized carbons (Fsp3) is 0.455. The van der Waals surface area contributed by atoms with Gasteiger partial charge in [0.25, 0.3) is 0 Å². The molecule has 0 unspecified atom stereocenters. The molecule has 0 spiro atoms. The standard InChI is InChI=1S/C11H15N3OS/c1-3-4-14-6-10(5-12-14)15-7-11-13-9(2)8-16-11/h5-6,8H,3-4,7H2,1-2H3. The molecule has 0 aromatic carbocycles. The molecule has 0 aliphatic rings. The fourth-order valence-corrected chi connectivity index (χ4v) is 2.07. The Bertz CT molecular complexity index is 450. The van der Waals surface area contributed by atoms with E-state index in [0.29, 0.717) is 6.61 Å². The number of aryl methyl sites for hydroxylation is 2.